The number of hydrogen-bond donors (Lipinski definition) is 3. The molecule has 1 atom stereocenters. The van der Waals surface area contributed by atoms with Crippen LogP contribution in [-0.4, -0.2) is 33.7 Å². The smallest absolute Gasteiger partial charge is 0.332 e. The summed E-state index contributed by atoms with van der Waals surface area (Å²) >= 11 is 0. The van der Waals surface area contributed by atoms with Crippen LogP contribution in [0.25, 0.3) is 10.9 Å². The molecule has 2 heterocycles. The molecular weight excluding hydrogens is 514 g/mol. The summed E-state index contributed by atoms with van der Waals surface area (Å²) in [5.74, 6) is 0.226. The molecule has 4 aromatic rings. The van der Waals surface area contributed by atoms with Crippen molar-refractivity contribution in [2.45, 2.75) is 30.3 Å². The van der Waals surface area contributed by atoms with Gasteiger partial charge in [0.05, 0.1) is 15.8 Å². The van der Waals surface area contributed by atoms with Crippen LogP contribution < -0.4 is 26.2 Å². The first-order chi connectivity index (χ1) is 18.2. The van der Waals surface area contributed by atoms with Gasteiger partial charge in [0.1, 0.15) is 17.7 Å². The van der Waals surface area contributed by atoms with Crippen LogP contribution in [0.3, 0.4) is 0 Å². The molecule has 3 N–H and O–H groups in total. The van der Waals surface area contributed by atoms with Gasteiger partial charge < -0.3 is 4.74 Å². The van der Waals surface area contributed by atoms with Gasteiger partial charge in [-0.2, -0.15) is 4.72 Å². The molecule has 1 amide bonds. The largest absolute Gasteiger partial charge is 0.457 e. The number of benzene rings is 2. The zero-order valence-electron chi connectivity index (χ0n) is 20.3. The summed E-state index contributed by atoms with van der Waals surface area (Å²) in [4.78, 5) is 41.8. The maximum atomic E-state index is 13.3. The van der Waals surface area contributed by atoms with Gasteiger partial charge in [0, 0.05) is 25.9 Å². The second-order valence-corrected chi connectivity index (χ2v) is 10.1. The highest BCUT2D eigenvalue weighted by molar-refractivity contribution is 7.89. The number of hydrogen-bond acceptors (Lipinski definition) is 8. The molecule has 0 fully saturated rings. The summed E-state index contributed by atoms with van der Waals surface area (Å²) in [6.45, 7) is 0. The Kier molecular flexibility index (Phi) is 8.00. The fourth-order valence-electron chi connectivity index (χ4n) is 3.93. The normalized spacial score (nSPS) is 12.3. The first-order valence-electron chi connectivity index (χ1n) is 11.5. The monoisotopic (exact) mass is 539 g/mol. The van der Waals surface area contributed by atoms with E-state index in [0.717, 1.165) is 4.57 Å². The number of aromatic nitrogens is 3. The first-order valence-corrected chi connectivity index (χ1v) is 13.0. The van der Waals surface area contributed by atoms with Gasteiger partial charge in [-0.15, -0.1) is 0 Å². The number of nitrogens with zero attached hydrogens (tertiary/aromatic N) is 3. The molecule has 2 aromatic heterocycles. The number of carbonyl (C=O) groups excluding carboxylic acids is 1. The first kappa shape index (κ1) is 26.7. The topological polar surface area (TPSA) is 162 Å². The van der Waals surface area contributed by atoms with E-state index in [-0.39, 0.29) is 29.5 Å². The van der Waals surface area contributed by atoms with Gasteiger partial charge in [0.15, 0.2) is 0 Å². The van der Waals surface area contributed by atoms with Gasteiger partial charge in [-0.05, 0) is 61.4 Å². The number of pyridine rings is 1. The minimum atomic E-state index is -4.23. The van der Waals surface area contributed by atoms with Gasteiger partial charge in [0.25, 0.3) is 5.56 Å². The van der Waals surface area contributed by atoms with Gasteiger partial charge in [-0.1, -0.05) is 12.1 Å². The van der Waals surface area contributed by atoms with Gasteiger partial charge in [0.2, 0.25) is 15.9 Å². The maximum absolute atomic E-state index is 13.3. The third kappa shape index (κ3) is 5.80. The van der Waals surface area contributed by atoms with E-state index in [4.69, 9.17) is 9.94 Å². The second-order valence-electron chi connectivity index (χ2n) is 8.35. The molecule has 12 nitrogen and oxygen atoms in total. The molecule has 0 bridgehead atoms. The maximum Gasteiger partial charge on any atom is 0.332 e. The van der Waals surface area contributed by atoms with Crippen molar-refractivity contribution in [2.75, 3.05) is 0 Å². The van der Waals surface area contributed by atoms with Gasteiger partial charge in [-0.25, -0.2) is 23.3 Å². The standard InChI is InChI=1S/C25H25N5O7S/c1-29-21-6-3-2-5-20(21)24(32)30(25(29)33)22(7-4-8-23(31)27-34)28-38(35,36)19-11-9-17(10-12-19)37-18-13-15-26-16-14-18/h2-3,5-6,9-16,22,28,34H,4,7-8H2,1H3,(H,27,31). The third-order valence-corrected chi connectivity index (χ3v) is 7.31. The van der Waals surface area contributed by atoms with E-state index in [1.54, 1.807) is 48.8 Å². The van der Waals surface area contributed by atoms with Crippen molar-refractivity contribution in [1.29, 1.82) is 0 Å². The number of nitrogens with one attached hydrogen (secondary N) is 2. The number of sulfonamides is 1. The van der Waals surface area contributed by atoms with Crippen molar-refractivity contribution < 1.29 is 23.2 Å². The van der Waals surface area contributed by atoms with Crippen LogP contribution in [0, 0.1) is 0 Å². The zero-order chi connectivity index (χ0) is 27.3. The number of aryl methyl sites for hydroxylation is 1. The quantitative estimate of drug-likeness (QED) is 0.204. The molecule has 0 spiro atoms. The minimum Gasteiger partial charge on any atom is -0.457 e. The lowest BCUT2D eigenvalue weighted by Gasteiger charge is -2.22. The van der Waals surface area contributed by atoms with E-state index in [1.807, 2.05) is 0 Å². The van der Waals surface area contributed by atoms with Crippen LogP contribution in [0.5, 0.6) is 11.5 Å². The summed E-state index contributed by atoms with van der Waals surface area (Å²) < 4.78 is 36.8. The highest BCUT2D eigenvalue weighted by Gasteiger charge is 2.25. The molecule has 0 saturated carbocycles. The number of fused-ring (bicyclic) bond motifs is 1. The van der Waals surface area contributed by atoms with Gasteiger partial charge in [-0.3, -0.25) is 24.3 Å². The molecule has 0 saturated heterocycles. The number of amides is 1. The van der Waals surface area contributed by atoms with E-state index in [9.17, 15) is 22.8 Å². The number of rotatable bonds is 10. The molecule has 4 rings (SSSR count). The summed E-state index contributed by atoms with van der Waals surface area (Å²) in [5.41, 5.74) is 0.493. The Hall–Kier alpha value is -4.33. The van der Waals surface area contributed by atoms with E-state index in [1.165, 1.54) is 41.4 Å². The lowest BCUT2D eigenvalue weighted by molar-refractivity contribution is -0.129. The molecule has 0 aliphatic carbocycles. The van der Waals surface area contributed by atoms with E-state index in [0.29, 0.717) is 17.0 Å². The zero-order valence-corrected chi connectivity index (χ0v) is 21.1. The van der Waals surface area contributed by atoms with Crippen molar-refractivity contribution in [3.8, 4) is 11.5 Å². The van der Waals surface area contributed by atoms with Crippen molar-refractivity contribution in [2.24, 2.45) is 7.05 Å². The fourth-order valence-corrected chi connectivity index (χ4v) is 5.14. The number of hydroxylamine groups is 1. The Labute approximate surface area is 217 Å². The minimum absolute atomic E-state index is 0.0702. The van der Waals surface area contributed by atoms with E-state index < -0.39 is 33.3 Å². The van der Waals surface area contributed by atoms with Crippen molar-refractivity contribution >= 4 is 26.8 Å². The fraction of sp³-hybridized carbons (Fsp3) is 0.200. The summed E-state index contributed by atoms with van der Waals surface area (Å²) in [6.07, 6.45) is 1.64. The van der Waals surface area contributed by atoms with E-state index >= 15 is 0 Å². The van der Waals surface area contributed by atoms with Crippen LogP contribution in [0.2, 0.25) is 0 Å². The average Bonchev–Trinajstić information content (AvgIpc) is 2.92. The number of ether oxygens (including phenoxy) is 1. The van der Waals surface area contributed by atoms with Crippen LogP contribution in [-0.2, 0) is 21.9 Å². The number of para-hydroxylation sites is 1. The molecule has 0 radical (unpaired) electrons. The van der Waals surface area contributed by atoms with Gasteiger partial charge >= 0.3 is 5.69 Å². The molecule has 38 heavy (non-hydrogen) atoms. The predicted octanol–water partition coefficient (Wildman–Crippen LogP) is 2.04. The van der Waals surface area contributed by atoms with Crippen LogP contribution in [0.15, 0.2) is 87.5 Å². The Balaban J connectivity index is 1.67. The van der Waals surface area contributed by atoms with Crippen molar-refractivity contribution in [1.82, 2.24) is 24.3 Å². The Bertz CT molecular complexity index is 1670. The third-order valence-electron chi connectivity index (χ3n) is 5.84. The number of carbonyl (C=O) groups is 1. The van der Waals surface area contributed by atoms with Crippen molar-refractivity contribution in [3.05, 3.63) is 93.9 Å². The molecular formula is C25H25N5O7S. The Morgan fingerprint density at radius 1 is 1.03 bits per heavy atom. The van der Waals surface area contributed by atoms with Crippen molar-refractivity contribution in [3.63, 3.8) is 0 Å². The van der Waals surface area contributed by atoms with Crippen LogP contribution >= 0.6 is 0 Å². The SMILES string of the molecule is Cn1c(=O)n(C(CCCC(=O)NO)NS(=O)(=O)c2ccc(Oc3ccncc3)cc2)c(=O)c2ccccc21. The highest BCUT2D eigenvalue weighted by Crippen LogP contribution is 2.23. The second kappa shape index (κ2) is 11.4. The molecule has 2 aromatic carbocycles. The molecule has 0 aliphatic rings. The van der Waals surface area contributed by atoms with Crippen LogP contribution in [0.4, 0.5) is 0 Å². The Morgan fingerprint density at radius 3 is 2.37 bits per heavy atom. The molecule has 1 unspecified atom stereocenters. The Morgan fingerprint density at radius 2 is 1.68 bits per heavy atom. The molecule has 198 valence electrons. The average molecular weight is 540 g/mol. The molecule has 0 aliphatic heterocycles. The van der Waals surface area contributed by atoms with Crippen LogP contribution in [0.1, 0.15) is 25.4 Å². The molecule has 13 heteroatoms. The summed E-state index contributed by atoms with van der Waals surface area (Å²) in [7, 11) is -2.75. The summed E-state index contributed by atoms with van der Waals surface area (Å²) in [5, 5.41) is 9.00. The van der Waals surface area contributed by atoms with E-state index in [2.05, 4.69) is 9.71 Å². The lowest BCUT2D eigenvalue weighted by Crippen LogP contribution is -2.47. The predicted molar refractivity (Wildman–Crippen MR) is 137 cm³/mol. The summed E-state index contributed by atoms with van der Waals surface area (Å²) in [6, 6.07) is 15.4. The lowest BCUT2D eigenvalue weighted by atomic mass is 10.2. The highest BCUT2D eigenvalue weighted by atomic mass is 32.2.